The van der Waals surface area contributed by atoms with Crippen LogP contribution in [0.15, 0.2) is 72.8 Å². The highest BCUT2D eigenvalue weighted by Crippen LogP contribution is 2.49. The highest BCUT2D eigenvalue weighted by atomic mass is 35.5. The molecule has 2 heterocycles. The molecule has 2 aliphatic heterocycles. The molecular formula is C26H25ClN2O3. The number of halogens is 1. The van der Waals surface area contributed by atoms with E-state index in [9.17, 15) is 9.90 Å². The quantitative estimate of drug-likeness (QED) is 0.631. The number of anilines is 1. The smallest absolute Gasteiger partial charge is 0.258 e. The number of fused-ring (bicyclic) bond motifs is 3. The number of amides is 1. The van der Waals surface area contributed by atoms with Gasteiger partial charge in [-0.15, -0.1) is 0 Å². The van der Waals surface area contributed by atoms with E-state index in [0.717, 1.165) is 22.6 Å². The van der Waals surface area contributed by atoms with Gasteiger partial charge < -0.3 is 14.7 Å². The van der Waals surface area contributed by atoms with Crippen molar-refractivity contribution >= 4 is 23.2 Å². The lowest BCUT2D eigenvalue weighted by atomic mass is 9.71. The van der Waals surface area contributed by atoms with Crippen LogP contribution in [0.2, 0.25) is 5.02 Å². The van der Waals surface area contributed by atoms with Crippen LogP contribution in [0.1, 0.15) is 27.4 Å². The molecule has 32 heavy (non-hydrogen) atoms. The topological polar surface area (TPSA) is 53.0 Å². The van der Waals surface area contributed by atoms with Crippen molar-refractivity contribution in [1.82, 2.24) is 4.90 Å². The molecule has 0 aliphatic carbocycles. The number of rotatable bonds is 5. The van der Waals surface area contributed by atoms with Crippen LogP contribution in [-0.2, 0) is 6.54 Å². The zero-order valence-corrected chi connectivity index (χ0v) is 18.6. The molecule has 0 spiro atoms. The highest BCUT2D eigenvalue weighted by molar-refractivity contribution is 6.30. The van der Waals surface area contributed by atoms with Gasteiger partial charge in [0.1, 0.15) is 5.75 Å². The summed E-state index contributed by atoms with van der Waals surface area (Å²) in [6, 6.07) is 23.3. The minimum atomic E-state index is -0.0301. The summed E-state index contributed by atoms with van der Waals surface area (Å²) >= 11 is 6.04. The van der Waals surface area contributed by atoms with Gasteiger partial charge in [-0.25, -0.2) is 0 Å². The standard InChI is InChI=1S/C26H25ClN2O3/c1-32-20-12-8-18(9-13-20)26(31)29-15-23-25(21-4-2-3-5-22(21)29)24(16-30)28(23)14-17-6-10-19(27)11-7-17/h2-13,23-25,30H,14-16H2,1H3/t23-,24+,25+/m1/s1. The molecule has 5 rings (SSSR count). The summed E-state index contributed by atoms with van der Waals surface area (Å²) in [7, 11) is 1.61. The highest BCUT2D eigenvalue weighted by Gasteiger charge is 2.53. The Kier molecular flexibility index (Phi) is 5.64. The molecular weight excluding hydrogens is 424 g/mol. The zero-order valence-electron chi connectivity index (χ0n) is 17.8. The SMILES string of the molecule is COc1ccc(C(=O)N2C[C@@H]3[C@H](c4ccccc42)[C@H](CO)N3Cc2ccc(Cl)cc2)cc1. The van der Waals surface area contributed by atoms with Crippen LogP contribution >= 0.6 is 11.6 Å². The van der Waals surface area contributed by atoms with Gasteiger partial charge >= 0.3 is 0 Å². The minimum absolute atomic E-state index is 0.0232. The van der Waals surface area contributed by atoms with E-state index >= 15 is 0 Å². The molecule has 0 saturated carbocycles. The molecule has 1 fully saturated rings. The second-order valence-corrected chi connectivity index (χ2v) is 8.78. The van der Waals surface area contributed by atoms with E-state index in [1.807, 2.05) is 59.5 Å². The van der Waals surface area contributed by atoms with Crippen molar-refractivity contribution < 1.29 is 14.6 Å². The van der Waals surface area contributed by atoms with E-state index < -0.39 is 0 Å². The molecule has 3 aromatic carbocycles. The monoisotopic (exact) mass is 448 g/mol. The number of carbonyl (C=O) groups is 1. The van der Waals surface area contributed by atoms with Crippen LogP contribution in [0.25, 0.3) is 0 Å². The number of methoxy groups -OCH3 is 1. The van der Waals surface area contributed by atoms with Crippen molar-refractivity contribution in [2.75, 3.05) is 25.2 Å². The maximum atomic E-state index is 13.5. The van der Waals surface area contributed by atoms with Crippen molar-refractivity contribution in [3.05, 3.63) is 94.5 Å². The molecule has 164 valence electrons. The lowest BCUT2D eigenvalue weighted by molar-refractivity contribution is -0.0488. The average Bonchev–Trinajstić information content (AvgIpc) is 2.83. The number of likely N-dealkylation sites (tertiary alicyclic amines) is 1. The third kappa shape index (κ3) is 3.56. The van der Waals surface area contributed by atoms with E-state index in [2.05, 4.69) is 11.0 Å². The van der Waals surface area contributed by atoms with Crippen LogP contribution in [0, 0.1) is 0 Å². The third-order valence-corrected chi connectivity index (χ3v) is 6.94. The maximum Gasteiger partial charge on any atom is 0.258 e. The normalized spacial score (nSPS) is 22.0. The van der Waals surface area contributed by atoms with Gasteiger partial charge in [-0.3, -0.25) is 9.69 Å². The first kappa shape index (κ1) is 21.0. The molecule has 0 unspecified atom stereocenters. The van der Waals surface area contributed by atoms with Crippen molar-refractivity contribution in [1.29, 1.82) is 0 Å². The number of benzene rings is 3. The average molecular weight is 449 g/mol. The van der Waals surface area contributed by atoms with E-state index in [4.69, 9.17) is 16.3 Å². The maximum absolute atomic E-state index is 13.5. The number of nitrogens with zero attached hydrogens (tertiary/aromatic N) is 2. The fraction of sp³-hybridized carbons (Fsp3) is 0.269. The van der Waals surface area contributed by atoms with Gasteiger partial charge in [0.25, 0.3) is 5.91 Å². The van der Waals surface area contributed by atoms with E-state index in [1.165, 1.54) is 0 Å². The van der Waals surface area contributed by atoms with Crippen molar-refractivity contribution in [2.45, 2.75) is 24.5 Å². The summed E-state index contributed by atoms with van der Waals surface area (Å²) < 4.78 is 5.23. The minimum Gasteiger partial charge on any atom is -0.497 e. The summed E-state index contributed by atoms with van der Waals surface area (Å²) in [6.07, 6.45) is 0. The number of aliphatic hydroxyl groups is 1. The van der Waals surface area contributed by atoms with Gasteiger partial charge in [-0.05, 0) is 53.6 Å². The third-order valence-electron chi connectivity index (χ3n) is 6.68. The second-order valence-electron chi connectivity index (χ2n) is 8.34. The lowest BCUT2D eigenvalue weighted by Crippen LogP contribution is -2.68. The number of hydrogen-bond acceptors (Lipinski definition) is 4. The molecule has 6 heteroatoms. The number of ether oxygens (including phenoxy) is 1. The van der Waals surface area contributed by atoms with Gasteiger partial charge in [0.05, 0.1) is 13.7 Å². The van der Waals surface area contributed by atoms with Gasteiger partial charge in [0, 0.05) is 47.4 Å². The first-order valence-electron chi connectivity index (χ1n) is 10.8. The Labute approximate surface area is 192 Å². The Morgan fingerprint density at radius 1 is 1.06 bits per heavy atom. The Morgan fingerprint density at radius 3 is 2.47 bits per heavy atom. The van der Waals surface area contributed by atoms with Crippen LogP contribution < -0.4 is 9.64 Å². The van der Waals surface area contributed by atoms with E-state index in [1.54, 1.807) is 19.2 Å². The van der Waals surface area contributed by atoms with Gasteiger partial charge in [0.2, 0.25) is 0 Å². The van der Waals surface area contributed by atoms with Crippen LogP contribution in [0.3, 0.4) is 0 Å². The summed E-state index contributed by atoms with van der Waals surface area (Å²) in [5, 5.41) is 10.9. The Hall–Kier alpha value is -2.86. The largest absolute Gasteiger partial charge is 0.497 e. The Bertz CT molecular complexity index is 1120. The first-order valence-corrected chi connectivity index (χ1v) is 11.1. The van der Waals surface area contributed by atoms with Crippen LogP contribution in [0.4, 0.5) is 5.69 Å². The molecule has 2 aliphatic rings. The number of hydrogen-bond donors (Lipinski definition) is 1. The molecule has 1 N–H and O–H groups in total. The van der Waals surface area contributed by atoms with E-state index in [-0.39, 0.29) is 30.5 Å². The summed E-state index contributed by atoms with van der Waals surface area (Å²) in [5.74, 6) is 0.889. The van der Waals surface area contributed by atoms with Crippen molar-refractivity contribution in [3.8, 4) is 5.75 Å². The fourth-order valence-electron chi connectivity index (χ4n) is 5.08. The molecule has 1 amide bonds. The summed E-state index contributed by atoms with van der Waals surface area (Å²) in [6.45, 7) is 1.36. The fourth-order valence-corrected chi connectivity index (χ4v) is 5.21. The molecule has 0 aromatic heterocycles. The molecule has 0 radical (unpaired) electrons. The first-order chi connectivity index (χ1) is 15.6. The van der Waals surface area contributed by atoms with Crippen LogP contribution in [-0.4, -0.2) is 48.3 Å². The van der Waals surface area contributed by atoms with Crippen LogP contribution in [0.5, 0.6) is 5.75 Å². The van der Waals surface area contributed by atoms with Crippen molar-refractivity contribution in [2.24, 2.45) is 0 Å². The Morgan fingerprint density at radius 2 is 1.78 bits per heavy atom. The summed E-state index contributed by atoms with van der Waals surface area (Å²) in [5.41, 5.74) is 3.82. The predicted octanol–water partition coefficient (Wildman–Crippen LogP) is 4.34. The molecule has 3 atom stereocenters. The van der Waals surface area contributed by atoms with Gasteiger partial charge in [0.15, 0.2) is 0 Å². The number of aliphatic hydroxyl groups excluding tert-OH is 1. The molecule has 5 nitrogen and oxygen atoms in total. The van der Waals surface area contributed by atoms with Gasteiger partial charge in [-0.2, -0.15) is 0 Å². The number of para-hydroxylation sites is 1. The number of carbonyl (C=O) groups excluding carboxylic acids is 1. The van der Waals surface area contributed by atoms with Crippen molar-refractivity contribution in [3.63, 3.8) is 0 Å². The molecule has 1 saturated heterocycles. The lowest BCUT2D eigenvalue weighted by Gasteiger charge is -2.59. The van der Waals surface area contributed by atoms with E-state index in [0.29, 0.717) is 23.7 Å². The van der Waals surface area contributed by atoms with Gasteiger partial charge in [-0.1, -0.05) is 41.9 Å². The molecule has 0 bridgehead atoms. The molecule has 3 aromatic rings. The summed E-state index contributed by atoms with van der Waals surface area (Å²) in [4.78, 5) is 17.7. The predicted molar refractivity (Wildman–Crippen MR) is 126 cm³/mol. The zero-order chi connectivity index (χ0) is 22.2. The Balaban J connectivity index is 1.46. The second kappa shape index (κ2) is 8.58.